The van der Waals surface area contributed by atoms with Crippen molar-refractivity contribution in [2.75, 3.05) is 0 Å². The summed E-state index contributed by atoms with van der Waals surface area (Å²) in [6.07, 6.45) is 0. The second-order valence-electron chi connectivity index (χ2n) is 6.01. The number of hydrogen-bond donors (Lipinski definition) is 1. The highest BCUT2D eigenvalue weighted by molar-refractivity contribution is 5.89. The van der Waals surface area contributed by atoms with Gasteiger partial charge in [-0.15, -0.1) is 0 Å². The van der Waals surface area contributed by atoms with Crippen molar-refractivity contribution >= 4 is 16.9 Å². The maximum atomic E-state index is 10.9. The second kappa shape index (κ2) is 5.63. The van der Waals surface area contributed by atoms with Crippen LogP contribution in [-0.2, 0) is 0 Å². The fourth-order valence-corrected chi connectivity index (χ4v) is 2.82. The van der Waals surface area contributed by atoms with E-state index in [1.807, 2.05) is 26.0 Å². The van der Waals surface area contributed by atoms with Gasteiger partial charge in [0.15, 0.2) is 5.76 Å². The van der Waals surface area contributed by atoms with E-state index in [-0.39, 0.29) is 5.56 Å². The summed E-state index contributed by atoms with van der Waals surface area (Å²) < 4.78 is 11.4. The molecule has 4 rings (SSSR count). The number of benzene rings is 2. The van der Waals surface area contributed by atoms with Gasteiger partial charge in [-0.1, -0.05) is 29.4 Å². The summed E-state index contributed by atoms with van der Waals surface area (Å²) in [6, 6.07) is 14.3. The minimum absolute atomic E-state index is 0.232. The van der Waals surface area contributed by atoms with E-state index in [0.29, 0.717) is 17.2 Å². The van der Waals surface area contributed by atoms with Gasteiger partial charge in [-0.05, 0) is 43.2 Å². The molecule has 5 heteroatoms. The number of carbonyl (C=O) groups is 1. The van der Waals surface area contributed by atoms with Crippen LogP contribution in [0.3, 0.4) is 0 Å². The molecule has 0 aliphatic carbocycles. The SMILES string of the molecule is Cc1ccc(C)c2oc(-c3cc(-c4ccc(C(=O)O)cc4)no3)cc12. The Morgan fingerprint density at radius 1 is 0.960 bits per heavy atom. The molecular formula is C20H15NO4. The third-order valence-electron chi connectivity index (χ3n) is 4.28. The topological polar surface area (TPSA) is 76.5 Å². The lowest BCUT2D eigenvalue weighted by Gasteiger charge is -1.96. The molecule has 0 amide bonds. The standard InChI is InChI=1S/C20H15NO4/c1-11-3-4-12(2)19-15(11)9-17(24-19)18-10-16(21-25-18)13-5-7-14(8-6-13)20(22)23/h3-10H,1-2H3,(H,22,23). The van der Waals surface area contributed by atoms with Crippen molar-refractivity contribution in [3.8, 4) is 22.8 Å². The Balaban J connectivity index is 1.73. The molecule has 0 aliphatic heterocycles. The molecular weight excluding hydrogens is 318 g/mol. The van der Waals surface area contributed by atoms with E-state index < -0.39 is 5.97 Å². The van der Waals surface area contributed by atoms with Crippen LogP contribution in [0.5, 0.6) is 0 Å². The van der Waals surface area contributed by atoms with Crippen LogP contribution in [0.4, 0.5) is 0 Å². The first-order valence-electron chi connectivity index (χ1n) is 7.83. The van der Waals surface area contributed by atoms with E-state index in [0.717, 1.165) is 27.7 Å². The molecule has 5 nitrogen and oxygen atoms in total. The lowest BCUT2D eigenvalue weighted by molar-refractivity contribution is 0.0697. The number of carboxylic acid groups (broad SMARTS) is 1. The van der Waals surface area contributed by atoms with Crippen LogP contribution >= 0.6 is 0 Å². The first-order chi connectivity index (χ1) is 12.0. The van der Waals surface area contributed by atoms with E-state index in [1.54, 1.807) is 30.3 Å². The van der Waals surface area contributed by atoms with Gasteiger partial charge in [0.05, 0.1) is 5.56 Å². The van der Waals surface area contributed by atoms with Gasteiger partial charge < -0.3 is 14.0 Å². The zero-order valence-electron chi connectivity index (χ0n) is 13.7. The van der Waals surface area contributed by atoms with Crippen LogP contribution in [0.2, 0.25) is 0 Å². The average Bonchev–Trinajstić information content (AvgIpc) is 3.26. The molecule has 124 valence electrons. The fourth-order valence-electron chi connectivity index (χ4n) is 2.82. The number of aromatic carboxylic acids is 1. The van der Waals surface area contributed by atoms with Crippen molar-refractivity contribution < 1.29 is 18.8 Å². The minimum Gasteiger partial charge on any atom is -0.478 e. The van der Waals surface area contributed by atoms with Crippen molar-refractivity contribution in [1.29, 1.82) is 0 Å². The molecule has 0 spiro atoms. The molecule has 0 saturated carbocycles. The van der Waals surface area contributed by atoms with Gasteiger partial charge in [0.25, 0.3) is 0 Å². The third-order valence-corrected chi connectivity index (χ3v) is 4.28. The Morgan fingerprint density at radius 2 is 1.68 bits per heavy atom. The Morgan fingerprint density at radius 3 is 2.36 bits per heavy atom. The highest BCUT2D eigenvalue weighted by Gasteiger charge is 2.15. The summed E-state index contributed by atoms with van der Waals surface area (Å²) in [4.78, 5) is 10.9. The number of nitrogens with zero attached hydrogens (tertiary/aromatic N) is 1. The molecule has 25 heavy (non-hydrogen) atoms. The Kier molecular flexibility index (Phi) is 3.42. The molecule has 4 aromatic rings. The second-order valence-corrected chi connectivity index (χ2v) is 6.01. The minimum atomic E-state index is -0.958. The van der Waals surface area contributed by atoms with Gasteiger partial charge >= 0.3 is 5.97 Å². The molecule has 0 atom stereocenters. The summed E-state index contributed by atoms with van der Waals surface area (Å²) in [5, 5.41) is 14.1. The van der Waals surface area contributed by atoms with E-state index >= 15 is 0 Å². The number of aryl methyl sites for hydroxylation is 2. The Bertz CT molecular complexity index is 1050. The number of hydrogen-bond acceptors (Lipinski definition) is 4. The molecule has 2 heterocycles. The molecule has 0 fully saturated rings. The monoisotopic (exact) mass is 333 g/mol. The van der Waals surface area contributed by atoms with Crippen LogP contribution in [0.1, 0.15) is 21.5 Å². The Hall–Kier alpha value is -3.34. The Labute approximate surface area is 143 Å². The number of aromatic nitrogens is 1. The molecule has 2 aromatic carbocycles. The van der Waals surface area contributed by atoms with E-state index in [2.05, 4.69) is 11.2 Å². The predicted octanol–water partition coefficient (Wildman–Crippen LogP) is 5.07. The van der Waals surface area contributed by atoms with Gasteiger partial charge in [-0.3, -0.25) is 0 Å². The van der Waals surface area contributed by atoms with Crippen molar-refractivity contribution in [3.05, 3.63) is 65.2 Å². The number of fused-ring (bicyclic) bond motifs is 1. The smallest absolute Gasteiger partial charge is 0.335 e. The van der Waals surface area contributed by atoms with Gasteiger partial charge in [-0.25, -0.2) is 4.79 Å². The van der Waals surface area contributed by atoms with Crippen molar-refractivity contribution in [3.63, 3.8) is 0 Å². The lowest BCUT2D eigenvalue weighted by Crippen LogP contribution is -1.94. The highest BCUT2D eigenvalue weighted by atomic mass is 16.5. The van der Waals surface area contributed by atoms with Crippen LogP contribution < -0.4 is 0 Å². The number of furan rings is 1. The van der Waals surface area contributed by atoms with Crippen molar-refractivity contribution in [1.82, 2.24) is 5.16 Å². The van der Waals surface area contributed by atoms with E-state index in [4.69, 9.17) is 14.0 Å². The first kappa shape index (κ1) is 15.2. The van der Waals surface area contributed by atoms with Crippen molar-refractivity contribution in [2.24, 2.45) is 0 Å². The van der Waals surface area contributed by atoms with Crippen LogP contribution in [0.15, 0.2) is 57.5 Å². The molecule has 2 aromatic heterocycles. The summed E-state index contributed by atoms with van der Waals surface area (Å²) in [7, 11) is 0. The lowest BCUT2D eigenvalue weighted by atomic mass is 10.1. The molecule has 0 saturated heterocycles. The van der Waals surface area contributed by atoms with Crippen LogP contribution in [0, 0.1) is 13.8 Å². The molecule has 0 bridgehead atoms. The molecule has 0 unspecified atom stereocenters. The molecule has 0 aliphatic rings. The van der Waals surface area contributed by atoms with Crippen LogP contribution in [-0.4, -0.2) is 16.2 Å². The molecule has 1 N–H and O–H groups in total. The van der Waals surface area contributed by atoms with Gasteiger partial charge in [0, 0.05) is 17.0 Å². The highest BCUT2D eigenvalue weighted by Crippen LogP contribution is 2.33. The van der Waals surface area contributed by atoms with E-state index in [1.165, 1.54) is 0 Å². The van der Waals surface area contributed by atoms with Gasteiger partial charge in [-0.2, -0.15) is 0 Å². The average molecular weight is 333 g/mol. The summed E-state index contributed by atoms with van der Waals surface area (Å²) >= 11 is 0. The largest absolute Gasteiger partial charge is 0.478 e. The summed E-state index contributed by atoms with van der Waals surface area (Å²) in [6.45, 7) is 4.04. The summed E-state index contributed by atoms with van der Waals surface area (Å²) in [5.41, 5.74) is 4.69. The molecule has 0 radical (unpaired) electrons. The number of rotatable bonds is 3. The maximum Gasteiger partial charge on any atom is 0.335 e. The maximum absolute atomic E-state index is 10.9. The number of carboxylic acids is 1. The van der Waals surface area contributed by atoms with Crippen LogP contribution in [0.25, 0.3) is 33.7 Å². The quantitative estimate of drug-likeness (QED) is 0.566. The van der Waals surface area contributed by atoms with Crippen molar-refractivity contribution in [2.45, 2.75) is 13.8 Å². The van der Waals surface area contributed by atoms with Gasteiger partial charge in [0.1, 0.15) is 11.3 Å². The first-order valence-corrected chi connectivity index (χ1v) is 7.83. The fraction of sp³-hybridized carbons (Fsp3) is 0.100. The third kappa shape index (κ3) is 2.59. The summed E-state index contributed by atoms with van der Waals surface area (Å²) in [5.74, 6) is 0.195. The zero-order chi connectivity index (χ0) is 17.6. The van der Waals surface area contributed by atoms with E-state index in [9.17, 15) is 4.79 Å². The van der Waals surface area contributed by atoms with Gasteiger partial charge in [0.2, 0.25) is 5.76 Å². The zero-order valence-corrected chi connectivity index (χ0v) is 13.7. The normalized spacial score (nSPS) is 11.1. The predicted molar refractivity (Wildman–Crippen MR) is 93.6 cm³/mol.